The van der Waals surface area contributed by atoms with E-state index in [1.807, 2.05) is 170 Å². The van der Waals surface area contributed by atoms with Crippen LogP contribution in [0.25, 0.3) is 0 Å². The fraction of sp³-hybridized carbons (Fsp3) is 0.357. The van der Waals surface area contributed by atoms with Crippen molar-refractivity contribution in [2.24, 2.45) is 5.92 Å². The summed E-state index contributed by atoms with van der Waals surface area (Å²) in [5.74, 6) is -0.284. The topological polar surface area (TPSA) is 92.3 Å². The van der Waals surface area contributed by atoms with E-state index in [0.717, 1.165) is 33.4 Å². The molecule has 0 radical (unpaired) electrons. The molecule has 0 spiro atoms. The molecule has 2 fully saturated rings. The van der Waals surface area contributed by atoms with E-state index in [2.05, 4.69) is 28.1 Å². The first-order chi connectivity index (χ1) is 33.1. The molecule has 2 saturated heterocycles. The third-order valence-electron chi connectivity index (χ3n) is 12.0. The Bertz CT molecular complexity index is 2250. The molecule has 2 aliphatic heterocycles. The smallest absolute Gasteiger partial charge is 0.187 e. The number of benzene rings is 6. The van der Waals surface area contributed by atoms with Gasteiger partial charge >= 0.3 is 0 Å². The second-order valence-electron chi connectivity index (χ2n) is 16.8. The summed E-state index contributed by atoms with van der Waals surface area (Å²) in [5.41, 5.74) is 6.10. The van der Waals surface area contributed by atoms with E-state index in [-0.39, 0.29) is 25.7 Å². The van der Waals surface area contributed by atoms with Gasteiger partial charge in [-0.15, -0.1) is 0 Å². The van der Waals surface area contributed by atoms with Gasteiger partial charge in [0.1, 0.15) is 36.6 Å². The molecule has 0 aromatic heterocycles. The summed E-state index contributed by atoms with van der Waals surface area (Å²) in [5, 5.41) is 0.510. The third kappa shape index (κ3) is 14.2. The molecule has 352 valence electrons. The second kappa shape index (κ2) is 26.2. The minimum absolute atomic E-state index is 0.180. The maximum Gasteiger partial charge on any atom is 0.187 e. The van der Waals surface area contributed by atoms with Gasteiger partial charge in [0, 0.05) is 18.4 Å². The Morgan fingerprint density at radius 1 is 0.373 bits per heavy atom. The summed E-state index contributed by atoms with van der Waals surface area (Å²) in [6, 6.07) is 60.6. The van der Waals surface area contributed by atoms with E-state index >= 15 is 0 Å². The fourth-order valence-corrected chi connectivity index (χ4v) is 9.19. The van der Waals surface area contributed by atoms with Crippen molar-refractivity contribution in [3.8, 4) is 0 Å². The highest BCUT2D eigenvalue weighted by molar-refractivity contribution is 9.09. The number of hydrogen-bond donors (Lipinski definition) is 0. The molecule has 0 N–H and O–H groups in total. The average Bonchev–Trinajstić information content (AvgIpc) is 3.39. The predicted octanol–water partition coefficient (Wildman–Crippen LogP) is 10.3. The van der Waals surface area contributed by atoms with Crippen molar-refractivity contribution in [1.29, 1.82) is 0 Å². The highest BCUT2D eigenvalue weighted by Crippen LogP contribution is 2.38. The molecule has 11 heteroatoms. The van der Waals surface area contributed by atoms with Crippen LogP contribution in [0, 0.1) is 5.92 Å². The molecule has 0 aliphatic carbocycles. The summed E-state index contributed by atoms with van der Waals surface area (Å²) in [7, 11) is 1.65. The molecule has 0 saturated carbocycles. The van der Waals surface area contributed by atoms with E-state index in [1.54, 1.807) is 7.11 Å². The lowest BCUT2D eigenvalue weighted by atomic mass is 9.91. The SMILES string of the molecule is CO[C@@H]1O[C@H](COCc2ccccc2)[C@@H](O[C@@H]2O[C@H](COCc3ccccc3)[C@H](OCc3ccccc3)[C@H](OCc3ccccc3)[C@H]2OCc2ccccc2)[C@H](OCc2ccccc2)[C@H]1CBr. The highest BCUT2D eigenvalue weighted by atomic mass is 79.9. The van der Waals surface area contributed by atoms with Gasteiger partial charge < -0.3 is 47.4 Å². The normalized spacial score (nSPS) is 25.2. The second-order valence-corrected chi connectivity index (χ2v) is 17.4. The lowest BCUT2D eigenvalue weighted by Gasteiger charge is -2.50. The summed E-state index contributed by atoms with van der Waals surface area (Å²) >= 11 is 3.80. The molecular weight excluding hydrogens is 913 g/mol. The lowest BCUT2D eigenvalue weighted by Crippen LogP contribution is -2.65. The standard InChI is InChI=1S/C56H61BrO10/c1-58-55-47(32-57)50(61-35-43-24-12-4-13-25-43)52(49(65-55)40-60-34-42-22-10-3-11-23-42)67-56-54(64-38-46-30-18-7-19-31-46)53(63-37-45-28-16-6-17-29-45)51(62-36-44-26-14-5-15-27-44)48(66-56)39-59-33-41-20-8-2-9-21-41/h2-31,47-56H,32-40H2,1H3/t47-,48-,49-,50-,51+,52-,53+,54-,55-,56+/m1/s1. The molecule has 10 atom stereocenters. The maximum absolute atomic E-state index is 7.42. The molecule has 10 nitrogen and oxygen atoms in total. The van der Waals surface area contributed by atoms with Crippen molar-refractivity contribution >= 4 is 15.9 Å². The Balaban J connectivity index is 1.17. The van der Waals surface area contributed by atoms with Gasteiger partial charge in [0.05, 0.1) is 59.0 Å². The Labute approximate surface area is 403 Å². The Kier molecular flexibility index (Phi) is 19.1. The first kappa shape index (κ1) is 48.8. The van der Waals surface area contributed by atoms with E-state index in [0.29, 0.717) is 38.4 Å². The first-order valence-electron chi connectivity index (χ1n) is 23.1. The highest BCUT2D eigenvalue weighted by Gasteiger charge is 2.54. The zero-order valence-corrected chi connectivity index (χ0v) is 39.5. The van der Waals surface area contributed by atoms with Gasteiger partial charge in [0.25, 0.3) is 0 Å². The monoisotopic (exact) mass is 972 g/mol. The van der Waals surface area contributed by atoms with Gasteiger partial charge in [0.2, 0.25) is 0 Å². The zero-order valence-electron chi connectivity index (χ0n) is 37.9. The van der Waals surface area contributed by atoms with Crippen molar-refractivity contribution in [3.05, 3.63) is 215 Å². The molecule has 6 aromatic rings. The lowest BCUT2D eigenvalue weighted by molar-refractivity contribution is -0.368. The Morgan fingerprint density at radius 3 is 1.09 bits per heavy atom. The van der Waals surface area contributed by atoms with Crippen LogP contribution in [0.4, 0.5) is 0 Å². The third-order valence-corrected chi connectivity index (χ3v) is 12.7. The maximum atomic E-state index is 7.42. The summed E-state index contributed by atoms with van der Waals surface area (Å²) < 4.78 is 68.3. The van der Waals surface area contributed by atoms with Crippen molar-refractivity contribution in [3.63, 3.8) is 0 Å². The summed E-state index contributed by atoms with van der Waals surface area (Å²) in [6.45, 7) is 2.30. The van der Waals surface area contributed by atoms with Crippen LogP contribution in [0.2, 0.25) is 0 Å². The van der Waals surface area contributed by atoms with Crippen molar-refractivity contribution in [1.82, 2.24) is 0 Å². The molecule has 0 unspecified atom stereocenters. The van der Waals surface area contributed by atoms with Crippen LogP contribution in [-0.2, 0) is 87.0 Å². The van der Waals surface area contributed by atoms with Crippen LogP contribution < -0.4 is 0 Å². The van der Waals surface area contributed by atoms with Crippen molar-refractivity contribution < 1.29 is 47.4 Å². The average molecular weight is 974 g/mol. The molecule has 0 bridgehead atoms. The number of halogens is 1. The number of alkyl halides is 1. The van der Waals surface area contributed by atoms with Crippen LogP contribution in [0.3, 0.4) is 0 Å². The number of hydrogen-bond acceptors (Lipinski definition) is 10. The molecule has 2 heterocycles. The first-order valence-corrected chi connectivity index (χ1v) is 24.2. The molecule has 67 heavy (non-hydrogen) atoms. The number of methoxy groups -OCH3 is 1. The van der Waals surface area contributed by atoms with Crippen LogP contribution in [-0.4, -0.2) is 81.0 Å². The summed E-state index contributed by atoms with van der Waals surface area (Å²) in [6.07, 6.45) is -6.38. The molecule has 6 aromatic carbocycles. The van der Waals surface area contributed by atoms with Crippen LogP contribution >= 0.6 is 15.9 Å². The molecule has 2 aliphatic rings. The zero-order chi connectivity index (χ0) is 45.9. The van der Waals surface area contributed by atoms with Crippen molar-refractivity contribution in [2.45, 2.75) is 94.9 Å². The molecule has 0 amide bonds. The number of ether oxygens (including phenoxy) is 10. The van der Waals surface area contributed by atoms with Crippen LogP contribution in [0.5, 0.6) is 0 Å². The van der Waals surface area contributed by atoms with E-state index in [9.17, 15) is 0 Å². The quantitative estimate of drug-likeness (QED) is 0.0546. The summed E-state index contributed by atoms with van der Waals surface area (Å²) in [4.78, 5) is 0. The van der Waals surface area contributed by atoms with Crippen molar-refractivity contribution in [2.75, 3.05) is 25.7 Å². The van der Waals surface area contributed by atoms with E-state index < -0.39 is 55.3 Å². The molecular formula is C56H61BrO10. The van der Waals surface area contributed by atoms with Crippen LogP contribution in [0.15, 0.2) is 182 Å². The molecule has 8 rings (SSSR count). The van der Waals surface area contributed by atoms with Gasteiger partial charge in [-0.2, -0.15) is 0 Å². The Hall–Kier alpha value is -4.60. The van der Waals surface area contributed by atoms with E-state index in [4.69, 9.17) is 47.4 Å². The van der Waals surface area contributed by atoms with Crippen LogP contribution in [0.1, 0.15) is 33.4 Å². The van der Waals surface area contributed by atoms with E-state index in [1.165, 1.54) is 0 Å². The Morgan fingerprint density at radius 2 is 0.701 bits per heavy atom. The predicted molar refractivity (Wildman–Crippen MR) is 259 cm³/mol. The van der Waals surface area contributed by atoms with Gasteiger partial charge in [-0.3, -0.25) is 0 Å². The van der Waals surface area contributed by atoms with Gasteiger partial charge in [-0.1, -0.05) is 198 Å². The minimum atomic E-state index is -1.02. The van der Waals surface area contributed by atoms with Gasteiger partial charge in [0.15, 0.2) is 12.6 Å². The minimum Gasteiger partial charge on any atom is -0.374 e. The largest absolute Gasteiger partial charge is 0.374 e. The fourth-order valence-electron chi connectivity index (χ4n) is 8.51. The van der Waals surface area contributed by atoms with Gasteiger partial charge in [-0.25, -0.2) is 0 Å². The van der Waals surface area contributed by atoms with Gasteiger partial charge in [-0.05, 0) is 33.4 Å². The number of rotatable bonds is 24.